The SMILES string of the molecule is Cc1cc(C)n2nc(C(=O)Nc3cccc(-c4nnnn4C4CC4)c3)nc2n1. The average Bonchev–Trinajstić information content (AvgIpc) is 3.23. The van der Waals surface area contributed by atoms with Crippen LogP contribution in [-0.4, -0.2) is 45.7 Å². The molecular formula is C18H17N9O. The highest BCUT2D eigenvalue weighted by Crippen LogP contribution is 2.36. The van der Waals surface area contributed by atoms with Crippen molar-refractivity contribution in [3.63, 3.8) is 0 Å². The van der Waals surface area contributed by atoms with Crippen LogP contribution < -0.4 is 5.32 Å². The second kappa shape index (κ2) is 6.19. The van der Waals surface area contributed by atoms with Crippen molar-refractivity contribution in [1.29, 1.82) is 0 Å². The maximum atomic E-state index is 12.6. The van der Waals surface area contributed by atoms with Crippen LogP contribution in [0.2, 0.25) is 0 Å². The molecule has 0 unspecified atom stereocenters. The van der Waals surface area contributed by atoms with Crippen molar-refractivity contribution >= 4 is 17.4 Å². The summed E-state index contributed by atoms with van der Waals surface area (Å²) in [4.78, 5) is 21.2. The van der Waals surface area contributed by atoms with E-state index in [-0.39, 0.29) is 5.82 Å². The summed E-state index contributed by atoms with van der Waals surface area (Å²) in [6.07, 6.45) is 2.17. The van der Waals surface area contributed by atoms with Crippen molar-refractivity contribution in [1.82, 2.24) is 39.8 Å². The molecule has 5 rings (SSSR count). The molecule has 0 atom stereocenters. The van der Waals surface area contributed by atoms with Gasteiger partial charge in [0.25, 0.3) is 11.7 Å². The number of hydrogen-bond donors (Lipinski definition) is 1. The molecule has 140 valence electrons. The van der Waals surface area contributed by atoms with Crippen LogP contribution in [0.5, 0.6) is 0 Å². The van der Waals surface area contributed by atoms with Gasteiger partial charge < -0.3 is 5.32 Å². The maximum Gasteiger partial charge on any atom is 0.295 e. The van der Waals surface area contributed by atoms with Crippen LogP contribution in [0.4, 0.5) is 5.69 Å². The van der Waals surface area contributed by atoms with E-state index in [0.717, 1.165) is 29.8 Å². The van der Waals surface area contributed by atoms with E-state index in [1.165, 1.54) is 0 Å². The average molecular weight is 375 g/mol. The molecule has 4 aromatic rings. The number of fused-ring (bicyclic) bond motifs is 1. The minimum absolute atomic E-state index is 0.0643. The summed E-state index contributed by atoms with van der Waals surface area (Å²) in [6.45, 7) is 3.77. The summed E-state index contributed by atoms with van der Waals surface area (Å²) < 4.78 is 3.39. The zero-order valence-electron chi connectivity index (χ0n) is 15.4. The Morgan fingerprint density at radius 2 is 2.04 bits per heavy atom. The quantitative estimate of drug-likeness (QED) is 0.580. The van der Waals surface area contributed by atoms with Gasteiger partial charge in [-0.25, -0.2) is 14.2 Å². The van der Waals surface area contributed by atoms with Gasteiger partial charge in [-0.2, -0.15) is 4.98 Å². The van der Waals surface area contributed by atoms with Gasteiger partial charge >= 0.3 is 0 Å². The molecule has 3 aromatic heterocycles. The number of tetrazole rings is 1. The lowest BCUT2D eigenvalue weighted by Gasteiger charge is -2.06. The first kappa shape index (κ1) is 16.5. The number of aryl methyl sites for hydroxylation is 2. The zero-order chi connectivity index (χ0) is 19.3. The third-order valence-corrected chi connectivity index (χ3v) is 4.59. The largest absolute Gasteiger partial charge is 0.319 e. The summed E-state index contributed by atoms with van der Waals surface area (Å²) in [6, 6.07) is 9.66. The fraction of sp³-hybridized carbons (Fsp3) is 0.278. The predicted molar refractivity (Wildman–Crippen MR) is 99.7 cm³/mol. The van der Waals surface area contributed by atoms with Crippen molar-refractivity contribution in [3.8, 4) is 11.4 Å². The summed E-state index contributed by atoms with van der Waals surface area (Å²) in [7, 11) is 0. The van der Waals surface area contributed by atoms with Crippen molar-refractivity contribution in [2.75, 3.05) is 5.32 Å². The molecule has 1 N–H and O–H groups in total. The predicted octanol–water partition coefficient (Wildman–Crippen LogP) is 1.98. The van der Waals surface area contributed by atoms with Gasteiger partial charge in [-0.05, 0) is 55.3 Å². The minimum atomic E-state index is -0.401. The van der Waals surface area contributed by atoms with Gasteiger partial charge in [0.2, 0.25) is 5.82 Å². The Kier molecular flexibility index (Phi) is 3.64. The van der Waals surface area contributed by atoms with Gasteiger partial charge in [-0.15, -0.1) is 10.2 Å². The third-order valence-electron chi connectivity index (χ3n) is 4.59. The minimum Gasteiger partial charge on any atom is -0.319 e. The standard InChI is InChI=1S/C18H17N9O/c1-10-8-11(2)26-18(19-10)21-15(23-26)17(28)20-13-5-3-4-12(9-13)16-22-24-25-27(16)14-6-7-14/h3-5,8-9,14H,6-7H2,1-2H3,(H,20,28). The molecule has 10 nitrogen and oxygen atoms in total. The van der Waals surface area contributed by atoms with E-state index in [9.17, 15) is 4.79 Å². The highest BCUT2D eigenvalue weighted by Gasteiger charge is 2.28. The topological polar surface area (TPSA) is 116 Å². The van der Waals surface area contributed by atoms with Crippen LogP contribution >= 0.6 is 0 Å². The molecule has 1 amide bonds. The molecule has 1 saturated carbocycles. The van der Waals surface area contributed by atoms with Crippen LogP contribution in [0.3, 0.4) is 0 Å². The third kappa shape index (κ3) is 2.88. The van der Waals surface area contributed by atoms with Crippen molar-refractivity contribution < 1.29 is 4.79 Å². The number of carbonyl (C=O) groups excluding carboxylic acids is 1. The van der Waals surface area contributed by atoms with Gasteiger partial charge in [-0.3, -0.25) is 4.79 Å². The Morgan fingerprint density at radius 3 is 2.86 bits per heavy atom. The smallest absolute Gasteiger partial charge is 0.295 e. The number of benzene rings is 1. The van der Waals surface area contributed by atoms with Gasteiger partial charge in [0.05, 0.1) is 6.04 Å². The Bertz CT molecular complexity index is 1200. The van der Waals surface area contributed by atoms with E-state index >= 15 is 0 Å². The molecule has 1 aliphatic rings. The first-order valence-electron chi connectivity index (χ1n) is 8.99. The van der Waals surface area contributed by atoms with E-state index in [0.29, 0.717) is 23.3 Å². The van der Waals surface area contributed by atoms with E-state index in [4.69, 9.17) is 0 Å². The zero-order valence-corrected chi connectivity index (χ0v) is 15.4. The molecule has 1 aliphatic carbocycles. The fourth-order valence-electron chi connectivity index (χ4n) is 3.13. The highest BCUT2D eigenvalue weighted by atomic mass is 16.2. The van der Waals surface area contributed by atoms with Crippen molar-refractivity contribution in [3.05, 3.63) is 47.5 Å². The Labute approximate surface area is 159 Å². The normalized spacial score (nSPS) is 13.8. The molecule has 3 heterocycles. The Hall–Kier alpha value is -3.69. The van der Waals surface area contributed by atoms with Crippen LogP contribution in [-0.2, 0) is 0 Å². The van der Waals surface area contributed by atoms with Crippen molar-refractivity contribution in [2.24, 2.45) is 0 Å². The fourth-order valence-corrected chi connectivity index (χ4v) is 3.13. The molecule has 0 aliphatic heterocycles. The lowest BCUT2D eigenvalue weighted by molar-refractivity contribution is 0.101. The summed E-state index contributed by atoms with van der Waals surface area (Å²) in [5.74, 6) is 0.760. The molecule has 0 saturated heterocycles. The lowest BCUT2D eigenvalue weighted by Crippen LogP contribution is -2.14. The number of nitrogens with zero attached hydrogens (tertiary/aromatic N) is 8. The number of nitrogens with one attached hydrogen (secondary N) is 1. The summed E-state index contributed by atoms with van der Waals surface area (Å²) >= 11 is 0. The van der Waals surface area contributed by atoms with Crippen molar-refractivity contribution in [2.45, 2.75) is 32.7 Å². The Balaban J connectivity index is 1.42. The number of hydrogen-bond acceptors (Lipinski definition) is 7. The van der Waals surface area contributed by atoms with E-state index in [1.54, 1.807) is 10.6 Å². The molecule has 0 radical (unpaired) electrons. The molecule has 1 aromatic carbocycles. The van der Waals surface area contributed by atoms with E-state index in [1.807, 2.05) is 42.8 Å². The van der Waals surface area contributed by atoms with Gasteiger partial charge in [0.15, 0.2) is 5.82 Å². The van der Waals surface area contributed by atoms with Crippen LogP contribution in [0.1, 0.15) is 40.9 Å². The Morgan fingerprint density at radius 1 is 1.18 bits per heavy atom. The summed E-state index contributed by atoms with van der Waals surface area (Å²) in [5, 5.41) is 19.1. The van der Waals surface area contributed by atoms with E-state index < -0.39 is 5.91 Å². The first-order chi connectivity index (χ1) is 13.6. The molecule has 0 spiro atoms. The van der Waals surface area contributed by atoms with Crippen LogP contribution in [0, 0.1) is 13.8 Å². The number of anilines is 1. The number of rotatable bonds is 4. The monoisotopic (exact) mass is 375 g/mol. The second-order valence-electron chi connectivity index (χ2n) is 6.90. The van der Waals surface area contributed by atoms with Crippen LogP contribution in [0.25, 0.3) is 17.2 Å². The first-order valence-corrected chi connectivity index (χ1v) is 8.99. The summed E-state index contributed by atoms with van der Waals surface area (Å²) in [5.41, 5.74) is 3.15. The number of amides is 1. The number of carbonyl (C=O) groups is 1. The van der Waals surface area contributed by atoms with Gasteiger partial charge in [0, 0.05) is 22.6 Å². The van der Waals surface area contributed by atoms with Gasteiger partial charge in [-0.1, -0.05) is 12.1 Å². The maximum absolute atomic E-state index is 12.6. The second-order valence-corrected chi connectivity index (χ2v) is 6.90. The van der Waals surface area contributed by atoms with Crippen LogP contribution in [0.15, 0.2) is 30.3 Å². The van der Waals surface area contributed by atoms with E-state index in [2.05, 4.69) is 35.9 Å². The molecule has 28 heavy (non-hydrogen) atoms. The molecule has 0 bridgehead atoms. The van der Waals surface area contributed by atoms with Gasteiger partial charge in [0.1, 0.15) is 0 Å². The molecule has 1 fully saturated rings. The molecular weight excluding hydrogens is 358 g/mol. The molecule has 10 heteroatoms. The number of aromatic nitrogens is 8. The highest BCUT2D eigenvalue weighted by molar-refractivity contribution is 6.02. The lowest BCUT2D eigenvalue weighted by atomic mass is 10.2.